The number of hydrogen-bond donors (Lipinski definition) is 2. The number of halogens is 1. The largest absolute Gasteiger partial charge is 0.382 e. The summed E-state index contributed by atoms with van der Waals surface area (Å²) in [7, 11) is 1.62. The van der Waals surface area contributed by atoms with Gasteiger partial charge in [0.05, 0.1) is 0 Å². The fraction of sp³-hybridized carbons (Fsp3) is 0.200. The van der Waals surface area contributed by atoms with Crippen LogP contribution in [0.2, 0.25) is 0 Å². The lowest BCUT2D eigenvalue weighted by molar-refractivity contribution is 0.405. The Bertz CT molecular complexity index is 273. The van der Waals surface area contributed by atoms with Crippen LogP contribution in [0.1, 0.15) is 0 Å². The third kappa shape index (κ3) is 1.36. The zero-order valence-corrected chi connectivity index (χ0v) is 6.55. The smallest absolute Gasteiger partial charge is 0.228 e. The number of hydrogen-bond acceptors (Lipinski definition) is 5. The zero-order valence-electron chi connectivity index (χ0n) is 5.80. The number of hydrazine groups is 1. The highest BCUT2D eigenvalue weighted by molar-refractivity contribution is 6.30. The van der Waals surface area contributed by atoms with Crippen molar-refractivity contribution in [1.82, 2.24) is 10.4 Å². The summed E-state index contributed by atoms with van der Waals surface area (Å²) in [6.07, 6.45) is 0. The van der Waals surface area contributed by atoms with Crippen LogP contribution in [0.25, 0.3) is 0 Å². The van der Waals surface area contributed by atoms with Crippen molar-refractivity contribution in [3.8, 4) is 6.07 Å². The number of nitriles is 1. The van der Waals surface area contributed by atoms with Crippen LogP contribution in [0.5, 0.6) is 0 Å². The summed E-state index contributed by atoms with van der Waals surface area (Å²) in [5.74, 6) is 0.428. The van der Waals surface area contributed by atoms with Crippen molar-refractivity contribution in [3.63, 3.8) is 0 Å². The van der Waals surface area contributed by atoms with Crippen LogP contribution in [0.15, 0.2) is 16.0 Å². The van der Waals surface area contributed by atoms with Crippen molar-refractivity contribution in [2.45, 2.75) is 0 Å². The third-order valence-electron chi connectivity index (χ3n) is 1.13. The van der Waals surface area contributed by atoms with Gasteiger partial charge in [-0.2, -0.15) is 5.26 Å². The Hall–Kier alpha value is -1.41. The third-order valence-corrected chi connectivity index (χ3v) is 1.42. The van der Waals surface area contributed by atoms with Gasteiger partial charge in [0, 0.05) is 7.05 Å². The lowest BCUT2D eigenvalue weighted by Gasteiger charge is -2.22. The summed E-state index contributed by atoms with van der Waals surface area (Å²) < 4.78 is 0. The van der Waals surface area contributed by atoms with E-state index in [-0.39, 0.29) is 16.8 Å². The van der Waals surface area contributed by atoms with Gasteiger partial charge in [0.15, 0.2) is 11.0 Å². The molecule has 0 saturated heterocycles. The molecule has 1 aliphatic rings. The molecule has 58 valence electrons. The first-order valence-electron chi connectivity index (χ1n) is 2.79. The molecule has 1 heterocycles. The van der Waals surface area contributed by atoms with Crippen molar-refractivity contribution in [1.29, 1.82) is 5.26 Å². The molecular weight excluding hydrogens is 166 g/mol. The molecule has 0 fully saturated rings. The van der Waals surface area contributed by atoms with Crippen LogP contribution in [0, 0.1) is 11.3 Å². The maximum absolute atomic E-state index is 8.48. The predicted octanol–water partition coefficient (Wildman–Crippen LogP) is -0.317. The average Bonchev–Trinajstić information content (AvgIpc) is 1.97. The number of aliphatic imine (C=N–C) groups is 1. The molecule has 0 aliphatic carbocycles. The molecule has 3 N–H and O–H groups in total. The highest BCUT2D eigenvalue weighted by Gasteiger charge is 2.14. The standard InChI is InChI=1S/C5H6ClN5/c1-11-3(2-7)9-4(6)5(8)10-11/h10H,8H2,1H3. The molecule has 0 spiro atoms. The fourth-order valence-corrected chi connectivity index (χ4v) is 0.730. The summed E-state index contributed by atoms with van der Waals surface area (Å²) in [4.78, 5) is 3.70. The van der Waals surface area contributed by atoms with E-state index in [1.54, 1.807) is 7.05 Å². The van der Waals surface area contributed by atoms with E-state index >= 15 is 0 Å². The van der Waals surface area contributed by atoms with Crippen molar-refractivity contribution in [2.75, 3.05) is 7.05 Å². The molecule has 0 bridgehead atoms. The lowest BCUT2D eigenvalue weighted by Crippen LogP contribution is -2.43. The van der Waals surface area contributed by atoms with Crippen LogP contribution in [-0.4, -0.2) is 17.9 Å². The molecule has 0 aromatic carbocycles. The van der Waals surface area contributed by atoms with E-state index in [2.05, 4.69) is 10.4 Å². The molecule has 0 atom stereocenters. The molecule has 0 radical (unpaired) electrons. The number of nitrogens with zero attached hydrogens (tertiary/aromatic N) is 3. The predicted molar refractivity (Wildman–Crippen MR) is 41.0 cm³/mol. The summed E-state index contributed by atoms with van der Waals surface area (Å²) >= 11 is 5.53. The molecular formula is C5H6ClN5. The topological polar surface area (TPSA) is 77.4 Å². The summed E-state index contributed by atoms with van der Waals surface area (Å²) in [5.41, 5.74) is 8.00. The van der Waals surface area contributed by atoms with E-state index < -0.39 is 0 Å². The van der Waals surface area contributed by atoms with Gasteiger partial charge in [0.25, 0.3) is 0 Å². The number of rotatable bonds is 0. The lowest BCUT2D eigenvalue weighted by atomic mass is 10.6. The van der Waals surface area contributed by atoms with E-state index in [0.29, 0.717) is 0 Å². The second-order valence-corrected chi connectivity index (χ2v) is 2.28. The number of nitrogens with one attached hydrogen (secondary N) is 1. The highest BCUT2D eigenvalue weighted by atomic mass is 35.5. The Kier molecular flexibility index (Phi) is 1.87. The number of nitrogens with two attached hydrogens (primary N) is 1. The molecule has 0 amide bonds. The second-order valence-electron chi connectivity index (χ2n) is 1.92. The zero-order chi connectivity index (χ0) is 8.43. The molecule has 11 heavy (non-hydrogen) atoms. The summed E-state index contributed by atoms with van der Waals surface area (Å²) in [5, 5.41) is 9.98. The minimum Gasteiger partial charge on any atom is -0.382 e. The van der Waals surface area contributed by atoms with Crippen LogP contribution in [-0.2, 0) is 0 Å². The van der Waals surface area contributed by atoms with E-state index in [9.17, 15) is 0 Å². The van der Waals surface area contributed by atoms with Crippen molar-refractivity contribution < 1.29 is 0 Å². The first kappa shape index (κ1) is 7.69. The van der Waals surface area contributed by atoms with Gasteiger partial charge in [-0.25, -0.2) is 4.99 Å². The Morgan fingerprint density at radius 2 is 2.45 bits per heavy atom. The minimum absolute atomic E-state index is 0.111. The van der Waals surface area contributed by atoms with Gasteiger partial charge < -0.3 is 5.73 Å². The van der Waals surface area contributed by atoms with Crippen LogP contribution < -0.4 is 11.2 Å². The van der Waals surface area contributed by atoms with E-state index in [0.717, 1.165) is 0 Å². The van der Waals surface area contributed by atoms with Gasteiger partial charge in [0.1, 0.15) is 6.07 Å². The molecule has 6 heteroatoms. The Balaban J connectivity index is 2.98. The van der Waals surface area contributed by atoms with Crippen molar-refractivity contribution in [2.24, 2.45) is 10.7 Å². The Morgan fingerprint density at radius 3 is 3.00 bits per heavy atom. The molecule has 1 aliphatic heterocycles. The van der Waals surface area contributed by atoms with E-state index in [1.807, 2.05) is 6.07 Å². The molecule has 0 aromatic heterocycles. The van der Waals surface area contributed by atoms with Gasteiger partial charge in [-0.05, 0) is 0 Å². The normalized spacial score (nSPS) is 17.2. The maximum atomic E-state index is 8.48. The Labute approximate surface area is 68.7 Å². The van der Waals surface area contributed by atoms with Crippen LogP contribution >= 0.6 is 11.6 Å². The average molecular weight is 172 g/mol. The van der Waals surface area contributed by atoms with Gasteiger partial charge in [0.2, 0.25) is 5.84 Å². The molecule has 1 rings (SSSR count). The Morgan fingerprint density at radius 1 is 1.82 bits per heavy atom. The van der Waals surface area contributed by atoms with Crippen LogP contribution in [0.3, 0.4) is 0 Å². The molecule has 0 aromatic rings. The van der Waals surface area contributed by atoms with Crippen molar-refractivity contribution in [3.05, 3.63) is 11.0 Å². The second kappa shape index (κ2) is 2.68. The molecule has 0 unspecified atom stereocenters. The van der Waals surface area contributed by atoms with E-state index in [4.69, 9.17) is 22.6 Å². The quantitative estimate of drug-likeness (QED) is 0.490. The van der Waals surface area contributed by atoms with Gasteiger partial charge >= 0.3 is 0 Å². The SMILES string of the molecule is CN1NC(N)=C(Cl)N=C1C#N. The summed E-state index contributed by atoms with van der Waals surface area (Å²) in [6.45, 7) is 0. The molecule has 5 nitrogen and oxygen atoms in total. The number of amidine groups is 1. The monoisotopic (exact) mass is 171 g/mol. The molecule has 0 saturated carbocycles. The van der Waals surface area contributed by atoms with Crippen molar-refractivity contribution >= 4 is 17.4 Å². The van der Waals surface area contributed by atoms with Gasteiger partial charge in [-0.15, -0.1) is 0 Å². The highest BCUT2D eigenvalue weighted by Crippen LogP contribution is 2.10. The maximum Gasteiger partial charge on any atom is 0.228 e. The first-order chi connectivity index (χ1) is 5.15. The van der Waals surface area contributed by atoms with Gasteiger partial charge in [-0.1, -0.05) is 11.6 Å². The minimum atomic E-state index is 0.111. The summed E-state index contributed by atoms with van der Waals surface area (Å²) in [6, 6.07) is 1.84. The fourth-order valence-electron chi connectivity index (χ4n) is 0.608. The van der Waals surface area contributed by atoms with E-state index in [1.165, 1.54) is 5.01 Å². The van der Waals surface area contributed by atoms with Gasteiger partial charge in [-0.3, -0.25) is 10.4 Å². The van der Waals surface area contributed by atoms with Crippen LogP contribution in [0.4, 0.5) is 0 Å². The first-order valence-corrected chi connectivity index (χ1v) is 3.17.